The molecule has 3 unspecified atom stereocenters. The second-order valence-electron chi connectivity index (χ2n) is 14.4. The molecule has 3 aliphatic rings. The van der Waals surface area contributed by atoms with E-state index in [0.717, 1.165) is 27.9 Å². The van der Waals surface area contributed by atoms with Crippen LogP contribution in [0.4, 0.5) is 5.69 Å². The number of likely N-dealkylation sites (tertiary alicyclic amines) is 1. The topological polar surface area (TPSA) is 90.4 Å². The van der Waals surface area contributed by atoms with Crippen molar-refractivity contribution in [1.82, 2.24) is 9.80 Å². The lowest BCUT2D eigenvalue weighted by atomic mass is 9.62. The van der Waals surface area contributed by atoms with Crippen molar-refractivity contribution in [3.63, 3.8) is 0 Å². The van der Waals surface area contributed by atoms with E-state index in [1.807, 2.05) is 99.6 Å². The number of amides is 3. The minimum Gasteiger partial charge on any atom is -0.394 e. The number of rotatable bonds is 13. The van der Waals surface area contributed by atoms with Crippen LogP contribution in [0.15, 0.2) is 104 Å². The van der Waals surface area contributed by atoms with E-state index >= 15 is 9.59 Å². The van der Waals surface area contributed by atoms with Crippen molar-refractivity contribution in [2.45, 2.75) is 70.4 Å². The summed E-state index contributed by atoms with van der Waals surface area (Å²) in [5.74, 6) is -2.72. The highest BCUT2D eigenvalue weighted by Crippen LogP contribution is 2.66. The van der Waals surface area contributed by atoms with Crippen LogP contribution in [-0.2, 0) is 32.1 Å². The number of aliphatic hydroxyl groups excluding tert-OH is 1. The summed E-state index contributed by atoms with van der Waals surface area (Å²) in [7, 11) is 0. The molecule has 2 bridgehead atoms. The second kappa shape index (κ2) is 14.0. The van der Waals surface area contributed by atoms with Gasteiger partial charge in [-0.2, -0.15) is 0 Å². The molecule has 3 amide bonds. The molecule has 3 aliphatic heterocycles. The standard InChI is InChI=1S/C42H49N3O5/c1-7-22-43(26-32-20-13-10-14-21-32)38(47)34-35-39(48)45(33(27-46)24-31-18-11-9-12-19-31)37(42(35)25-30(5)41(34,6)50-42)40(49)44(23-8-2)36-28(3)16-15-17-29(36)4/h7-21,30,33-35,37,46H,1-2,22-27H2,3-6H3/t30?,33-,34+,35+,37?,41-,42?/m1/s1. The SMILES string of the molecule is C=CCN(Cc1ccccc1)C(=O)[C@@H]1[C@H]2C(=O)N([C@@H](CO)Cc3ccccc3)C(C(=O)N(CC=C)c3c(C)cccc3C)C23CC(C)[C@@]1(C)O3. The number of aryl methyl sites for hydroxylation is 2. The Hall–Kier alpha value is -4.53. The molecule has 3 fully saturated rings. The van der Waals surface area contributed by atoms with Crippen molar-refractivity contribution in [3.05, 3.63) is 126 Å². The Morgan fingerprint density at radius 2 is 1.54 bits per heavy atom. The summed E-state index contributed by atoms with van der Waals surface area (Å²) in [6.07, 6.45) is 4.15. The monoisotopic (exact) mass is 675 g/mol. The number of nitrogens with zero attached hydrogens (tertiary/aromatic N) is 3. The van der Waals surface area contributed by atoms with Crippen LogP contribution < -0.4 is 4.90 Å². The average Bonchev–Trinajstić information content (AvgIpc) is 3.63. The minimum absolute atomic E-state index is 0.132. The second-order valence-corrected chi connectivity index (χ2v) is 14.4. The molecular formula is C42H49N3O5. The zero-order valence-electron chi connectivity index (χ0n) is 29.6. The third kappa shape index (κ3) is 5.78. The first-order valence-corrected chi connectivity index (χ1v) is 17.6. The van der Waals surface area contributed by atoms with E-state index in [1.165, 1.54) is 0 Å². The van der Waals surface area contributed by atoms with Crippen LogP contribution >= 0.6 is 0 Å². The molecule has 50 heavy (non-hydrogen) atoms. The molecule has 262 valence electrons. The summed E-state index contributed by atoms with van der Waals surface area (Å²) in [5, 5.41) is 11.0. The van der Waals surface area contributed by atoms with Gasteiger partial charge in [-0.3, -0.25) is 14.4 Å². The quantitative estimate of drug-likeness (QED) is 0.237. The zero-order valence-corrected chi connectivity index (χ0v) is 29.6. The Morgan fingerprint density at radius 3 is 2.12 bits per heavy atom. The summed E-state index contributed by atoms with van der Waals surface area (Å²) in [4.78, 5) is 50.5. The molecule has 8 heteroatoms. The van der Waals surface area contributed by atoms with E-state index in [1.54, 1.807) is 26.9 Å². The molecule has 0 radical (unpaired) electrons. The first-order valence-electron chi connectivity index (χ1n) is 17.6. The maximum Gasteiger partial charge on any atom is 0.253 e. The van der Waals surface area contributed by atoms with Crippen LogP contribution in [-0.4, -0.2) is 75.6 Å². The van der Waals surface area contributed by atoms with Gasteiger partial charge in [0.2, 0.25) is 11.8 Å². The molecule has 8 nitrogen and oxygen atoms in total. The number of carbonyl (C=O) groups excluding carboxylic acids is 3. The Labute approximate surface area is 296 Å². The third-order valence-electron chi connectivity index (χ3n) is 11.3. The molecule has 0 aliphatic carbocycles. The van der Waals surface area contributed by atoms with Gasteiger partial charge in [-0.05, 0) is 61.8 Å². The summed E-state index contributed by atoms with van der Waals surface area (Å²) in [6.45, 7) is 16.3. The van der Waals surface area contributed by atoms with Crippen molar-refractivity contribution < 1.29 is 24.2 Å². The van der Waals surface area contributed by atoms with Gasteiger partial charge in [0, 0.05) is 25.3 Å². The number of carbonyl (C=O) groups is 3. The number of hydrogen-bond donors (Lipinski definition) is 1. The smallest absolute Gasteiger partial charge is 0.253 e. The molecule has 3 aromatic carbocycles. The predicted octanol–water partition coefficient (Wildman–Crippen LogP) is 5.65. The van der Waals surface area contributed by atoms with E-state index < -0.39 is 35.1 Å². The molecule has 0 saturated carbocycles. The molecule has 7 atom stereocenters. The van der Waals surface area contributed by atoms with E-state index in [-0.39, 0.29) is 36.8 Å². The van der Waals surface area contributed by atoms with Crippen LogP contribution in [0.25, 0.3) is 0 Å². The van der Waals surface area contributed by atoms with Gasteiger partial charge >= 0.3 is 0 Å². The van der Waals surface area contributed by atoms with Crippen molar-refractivity contribution in [3.8, 4) is 0 Å². The summed E-state index contributed by atoms with van der Waals surface area (Å²) in [5.41, 5.74) is 2.20. The molecule has 3 saturated heterocycles. The third-order valence-corrected chi connectivity index (χ3v) is 11.3. The van der Waals surface area contributed by atoms with Gasteiger partial charge in [0.15, 0.2) is 0 Å². The van der Waals surface area contributed by atoms with Crippen LogP contribution in [0, 0.1) is 31.6 Å². The lowest BCUT2D eigenvalue weighted by molar-refractivity contribution is -0.154. The molecule has 0 aromatic heterocycles. The Balaban J connectivity index is 1.49. The van der Waals surface area contributed by atoms with E-state index in [0.29, 0.717) is 25.9 Å². The van der Waals surface area contributed by atoms with Gasteiger partial charge < -0.3 is 24.5 Å². The van der Waals surface area contributed by atoms with Gasteiger partial charge in [0.05, 0.1) is 30.1 Å². The number of hydrogen-bond acceptors (Lipinski definition) is 5. The van der Waals surface area contributed by atoms with Crippen molar-refractivity contribution in [2.24, 2.45) is 17.8 Å². The maximum absolute atomic E-state index is 15.4. The first kappa shape index (κ1) is 35.3. The fourth-order valence-electron chi connectivity index (χ4n) is 9.05. The maximum atomic E-state index is 15.4. The van der Waals surface area contributed by atoms with Crippen molar-refractivity contribution in [1.29, 1.82) is 0 Å². The number of anilines is 1. The van der Waals surface area contributed by atoms with Crippen molar-refractivity contribution in [2.75, 3.05) is 24.6 Å². The number of aliphatic hydroxyl groups is 1. The molecular weight excluding hydrogens is 626 g/mol. The van der Waals surface area contributed by atoms with Crippen LogP contribution in [0.2, 0.25) is 0 Å². The van der Waals surface area contributed by atoms with Gasteiger partial charge in [-0.15, -0.1) is 13.2 Å². The van der Waals surface area contributed by atoms with Gasteiger partial charge in [0.1, 0.15) is 11.6 Å². The fourth-order valence-corrected chi connectivity index (χ4v) is 9.05. The van der Waals surface area contributed by atoms with Gasteiger partial charge in [-0.25, -0.2) is 0 Å². The van der Waals surface area contributed by atoms with Gasteiger partial charge in [-0.1, -0.05) is 97.9 Å². The largest absolute Gasteiger partial charge is 0.394 e. The highest BCUT2D eigenvalue weighted by molar-refractivity contribution is 6.06. The van der Waals surface area contributed by atoms with Crippen LogP contribution in [0.1, 0.15) is 42.5 Å². The summed E-state index contributed by atoms with van der Waals surface area (Å²) < 4.78 is 7.11. The van der Waals surface area contributed by atoms with Crippen LogP contribution in [0.3, 0.4) is 0 Å². The lowest BCUT2D eigenvalue weighted by Gasteiger charge is -2.40. The van der Waals surface area contributed by atoms with Crippen LogP contribution in [0.5, 0.6) is 0 Å². The highest BCUT2D eigenvalue weighted by Gasteiger charge is 2.80. The average molecular weight is 676 g/mol. The Bertz CT molecular complexity index is 1740. The van der Waals surface area contributed by atoms with Gasteiger partial charge in [0.25, 0.3) is 5.91 Å². The number of ether oxygens (including phenoxy) is 1. The number of fused-ring (bicyclic) bond motifs is 1. The summed E-state index contributed by atoms with van der Waals surface area (Å²) >= 11 is 0. The number of benzene rings is 3. The number of para-hydroxylation sites is 1. The molecule has 3 aromatic rings. The predicted molar refractivity (Wildman–Crippen MR) is 195 cm³/mol. The van der Waals surface area contributed by atoms with E-state index in [4.69, 9.17) is 4.74 Å². The van der Waals surface area contributed by atoms with Crippen molar-refractivity contribution >= 4 is 23.4 Å². The minimum atomic E-state index is -1.28. The molecule has 1 N–H and O–H groups in total. The van der Waals surface area contributed by atoms with E-state index in [2.05, 4.69) is 20.1 Å². The summed E-state index contributed by atoms with van der Waals surface area (Å²) in [6, 6.07) is 23.5. The molecule has 6 rings (SSSR count). The fraction of sp³-hybridized carbons (Fsp3) is 0.405. The Kier molecular flexibility index (Phi) is 9.89. The highest BCUT2D eigenvalue weighted by atomic mass is 16.5. The van der Waals surface area contributed by atoms with E-state index in [9.17, 15) is 9.90 Å². The Morgan fingerprint density at radius 1 is 0.940 bits per heavy atom. The lowest BCUT2D eigenvalue weighted by Crippen LogP contribution is -2.59. The molecule has 3 heterocycles. The zero-order chi connectivity index (χ0) is 35.8. The first-order chi connectivity index (χ1) is 24.0. The molecule has 1 spiro atoms. The normalized spacial score (nSPS) is 27.1.